The zero-order valence-electron chi connectivity index (χ0n) is 8.20. The Hall–Kier alpha value is -1.13. The summed E-state index contributed by atoms with van der Waals surface area (Å²) in [5.41, 5.74) is 2.30. The number of hydrogen-bond donors (Lipinski definition) is 1. The summed E-state index contributed by atoms with van der Waals surface area (Å²) in [4.78, 5) is 5.49. The minimum Gasteiger partial charge on any atom is -0.472 e. The molecule has 74 valence electrons. The zero-order valence-corrected chi connectivity index (χ0v) is 9.02. The highest BCUT2D eigenvalue weighted by Crippen LogP contribution is 2.29. The van der Waals surface area contributed by atoms with Crippen molar-refractivity contribution in [3.63, 3.8) is 0 Å². The molecule has 0 amide bonds. The van der Waals surface area contributed by atoms with Crippen molar-refractivity contribution in [3.8, 4) is 10.4 Å². The van der Waals surface area contributed by atoms with Crippen molar-refractivity contribution >= 4 is 11.3 Å². The van der Waals surface area contributed by atoms with Crippen molar-refractivity contribution in [1.82, 2.24) is 10.3 Å². The Kier molecular flexibility index (Phi) is 2.65. The molecular weight excluding hydrogens is 196 g/mol. The van der Waals surface area contributed by atoms with Gasteiger partial charge in [-0.1, -0.05) is 0 Å². The molecule has 2 rings (SSSR count). The normalized spacial score (nSPS) is 10.7. The Bertz CT molecular complexity index is 419. The molecule has 0 aliphatic heterocycles. The Morgan fingerprint density at radius 3 is 3.00 bits per heavy atom. The van der Waals surface area contributed by atoms with Crippen molar-refractivity contribution in [3.05, 3.63) is 29.3 Å². The van der Waals surface area contributed by atoms with Gasteiger partial charge in [-0.2, -0.15) is 0 Å². The van der Waals surface area contributed by atoms with Gasteiger partial charge in [-0.15, -0.1) is 11.3 Å². The number of rotatable bonds is 3. The van der Waals surface area contributed by atoms with Crippen molar-refractivity contribution in [2.75, 3.05) is 7.05 Å². The minimum atomic E-state index is 0.821. The van der Waals surface area contributed by atoms with Gasteiger partial charge in [-0.25, -0.2) is 4.98 Å². The van der Waals surface area contributed by atoms with Gasteiger partial charge >= 0.3 is 0 Å². The Morgan fingerprint density at radius 1 is 1.50 bits per heavy atom. The molecule has 1 N–H and O–H groups in total. The monoisotopic (exact) mass is 208 g/mol. The zero-order chi connectivity index (χ0) is 9.97. The molecule has 0 unspecified atom stereocenters. The summed E-state index contributed by atoms with van der Waals surface area (Å²) < 4.78 is 5.13. The Labute approximate surface area is 86.8 Å². The molecule has 2 aromatic rings. The molecule has 0 aliphatic rings. The summed E-state index contributed by atoms with van der Waals surface area (Å²) in [6, 6.07) is 0. The average molecular weight is 208 g/mol. The Balaban J connectivity index is 2.29. The van der Waals surface area contributed by atoms with E-state index in [1.807, 2.05) is 20.2 Å². The lowest BCUT2D eigenvalue weighted by Gasteiger charge is -1.91. The molecule has 2 heterocycles. The van der Waals surface area contributed by atoms with Crippen molar-refractivity contribution in [2.24, 2.45) is 0 Å². The fraction of sp³-hybridized carbons (Fsp3) is 0.300. The van der Waals surface area contributed by atoms with Crippen LogP contribution in [0.1, 0.15) is 10.6 Å². The molecule has 4 heteroatoms. The summed E-state index contributed by atoms with van der Waals surface area (Å²) in [6.07, 6.45) is 5.42. The quantitative estimate of drug-likeness (QED) is 0.841. The van der Waals surface area contributed by atoms with Crippen molar-refractivity contribution < 1.29 is 4.42 Å². The fourth-order valence-electron chi connectivity index (χ4n) is 1.28. The van der Waals surface area contributed by atoms with Crippen LogP contribution in [0.4, 0.5) is 0 Å². The number of aromatic nitrogens is 1. The highest BCUT2D eigenvalue weighted by molar-refractivity contribution is 7.15. The summed E-state index contributed by atoms with van der Waals surface area (Å²) in [5.74, 6) is 0. The lowest BCUT2D eigenvalue weighted by molar-refractivity contribution is 0.566. The fourth-order valence-corrected chi connectivity index (χ4v) is 2.28. The van der Waals surface area contributed by atoms with Gasteiger partial charge in [-0.05, 0) is 19.5 Å². The Morgan fingerprint density at radius 2 is 2.36 bits per heavy atom. The first-order valence-electron chi connectivity index (χ1n) is 4.43. The first-order chi connectivity index (χ1) is 6.81. The summed E-state index contributed by atoms with van der Waals surface area (Å²) >= 11 is 1.70. The number of thiazole rings is 1. The summed E-state index contributed by atoms with van der Waals surface area (Å²) in [7, 11) is 1.92. The van der Waals surface area contributed by atoms with E-state index in [0.717, 1.165) is 22.7 Å². The maximum Gasteiger partial charge on any atom is 0.107 e. The third kappa shape index (κ3) is 1.71. The van der Waals surface area contributed by atoms with Gasteiger partial charge in [0.1, 0.15) is 5.01 Å². The van der Waals surface area contributed by atoms with Crippen LogP contribution in [0.5, 0.6) is 0 Å². The van der Waals surface area contributed by atoms with Gasteiger partial charge < -0.3 is 9.73 Å². The molecule has 3 nitrogen and oxygen atoms in total. The van der Waals surface area contributed by atoms with Crippen LogP contribution in [0.15, 0.2) is 23.1 Å². The van der Waals surface area contributed by atoms with Crippen molar-refractivity contribution in [1.29, 1.82) is 0 Å². The van der Waals surface area contributed by atoms with E-state index in [0.29, 0.717) is 0 Å². The molecule has 0 atom stereocenters. The molecule has 0 saturated carbocycles. The van der Waals surface area contributed by atoms with Gasteiger partial charge in [0.15, 0.2) is 0 Å². The van der Waals surface area contributed by atoms with Gasteiger partial charge in [-0.3, -0.25) is 0 Å². The minimum absolute atomic E-state index is 0.821. The SMILES string of the molecule is CNCc1ncc(-c2cocc2C)s1. The van der Waals surface area contributed by atoms with E-state index >= 15 is 0 Å². The van der Waals surface area contributed by atoms with Crippen LogP contribution in [-0.2, 0) is 6.54 Å². The lowest BCUT2D eigenvalue weighted by Crippen LogP contribution is -2.03. The van der Waals surface area contributed by atoms with E-state index in [4.69, 9.17) is 4.42 Å². The van der Waals surface area contributed by atoms with Gasteiger partial charge in [0.2, 0.25) is 0 Å². The van der Waals surface area contributed by atoms with Gasteiger partial charge in [0, 0.05) is 18.3 Å². The van der Waals surface area contributed by atoms with E-state index in [9.17, 15) is 0 Å². The van der Waals surface area contributed by atoms with Crippen LogP contribution >= 0.6 is 11.3 Å². The predicted octanol–water partition coefficient (Wildman–Crippen LogP) is 2.43. The first-order valence-corrected chi connectivity index (χ1v) is 5.25. The van der Waals surface area contributed by atoms with Crippen LogP contribution in [0.25, 0.3) is 10.4 Å². The van der Waals surface area contributed by atoms with Gasteiger partial charge in [0.25, 0.3) is 0 Å². The van der Waals surface area contributed by atoms with Crippen LogP contribution < -0.4 is 5.32 Å². The van der Waals surface area contributed by atoms with E-state index in [-0.39, 0.29) is 0 Å². The topological polar surface area (TPSA) is 38.1 Å². The largest absolute Gasteiger partial charge is 0.472 e. The van der Waals surface area contributed by atoms with E-state index in [1.165, 1.54) is 4.88 Å². The van der Waals surface area contributed by atoms with Crippen molar-refractivity contribution in [2.45, 2.75) is 13.5 Å². The molecule has 0 aliphatic carbocycles. The van der Waals surface area contributed by atoms with Crippen LogP contribution in [0, 0.1) is 6.92 Å². The first kappa shape index (κ1) is 9.43. The number of aryl methyl sites for hydroxylation is 1. The molecule has 0 spiro atoms. The molecule has 0 bridgehead atoms. The maximum absolute atomic E-state index is 5.13. The third-order valence-corrected chi connectivity index (χ3v) is 3.03. The third-order valence-electron chi connectivity index (χ3n) is 2.00. The second-order valence-electron chi connectivity index (χ2n) is 3.12. The molecule has 0 saturated heterocycles. The standard InChI is InChI=1S/C10H12N2OS/c1-7-5-13-6-8(7)9-3-12-10(14-9)4-11-2/h3,5-6,11H,4H2,1-2H3. The van der Waals surface area contributed by atoms with Crippen LogP contribution in [0.3, 0.4) is 0 Å². The summed E-state index contributed by atoms with van der Waals surface area (Å²) in [6.45, 7) is 2.86. The number of nitrogens with one attached hydrogen (secondary N) is 1. The van der Waals surface area contributed by atoms with Gasteiger partial charge in [0.05, 0.1) is 17.4 Å². The number of furan rings is 1. The lowest BCUT2D eigenvalue weighted by atomic mass is 10.2. The second-order valence-corrected chi connectivity index (χ2v) is 4.23. The highest BCUT2D eigenvalue weighted by atomic mass is 32.1. The number of hydrogen-bond acceptors (Lipinski definition) is 4. The van der Waals surface area contributed by atoms with E-state index < -0.39 is 0 Å². The molecular formula is C10H12N2OS. The van der Waals surface area contributed by atoms with E-state index in [1.54, 1.807) is 23.9 Å². The van der Waals surface area contributed by atoms with E-state index in [2.05, 4.69) is 10.3 Å². The predicted molar refractivity (Wildman–Crippen MR) is 57.3 cm³/mol. The molecule has 14 heavy (non-hydrogen) atoms. The highest BCUT2D eigenvalue weighted by Gasteiger charge is 2.07. The van der Waals surface area contributed by atoms with Crippen LogP contribution in [0.2, 0.25) is 0 Å². The average Bonchev–Trinajstić information content (AvgIpc) is 2.74. The molecule has 0 fully saturated rings. The molecule has 0 radical (unpaired) electrons. The smallest absolute Gasteiger partial charge is 0.107 e. The molecule has 2 aromatic heterocycles. The summed E-state index contributed by atoms with van der Waals surface area (Å²) in [5, 5.41) is 4.18. The van der Waals surface area contributed by atoms with Crippen LogP contribution in [-0.4, -0.2) is 12.0 Å². The molecule has 0 aromatic carbocycles. The number of nitrogens with zero attached hydrogens (tertiary/aromatic N) is 1. The second kappa shape index (κ2) is 3.94. The maximum atomic E-state index is 5.13.